The molecule has 0 aromatic heterocycles. The van der Waals surface area contributed by atoms with E-state index in [0.29, 0.717) is 12.0 Å². The normalized spacial score (nSPS) is 12.9. The Morgan fingerprint density at radius 1 is 0.952 bits per heavy atom. The summed E-state index contributed by atoms with van der Waals surface area (Å²) in [7, 11) is 4.30. The van der Waals surface area contributed by atoms with Gasteiger partial charge in [-0.2, -0.15) is 0 Å². The number of nitrogens with zero attached hydrogens (tertiary/aromatic N) is 1. The summed E-state index contributed by atoms with van der Waals surface area (Å²) in [4.78, 5) is 2.29. The summed E-state index contributed by atoms with van der Waals surface area (Å²) < 4.78 is 0. The molecule has 111 valence electrons. The molecule has 0 saturated heterocycles. The molecule has 1 nitrogen and oxygen atoms in total. The van der Waals surface area contributed by atoms with Crippen LogP contribution in [0, 0.1) is 6.42 Å². The largest absolute Gasteiger partial charge is 0.305 e. The van der Waals surface area contributed by atoms with E-state index in [-0.39, 0.29) is 0 Å². The lowest BCUT2D eigenvalue weighted by atomic mass is 9.95. The average Bonchev–Trinajstić information content (AvgIpc) is 2.48. The van der Waals surface area contributed by atoms with E-state index in [0.717, 1.165) is 6.42 Å². The van der Waals surface area contributed by atoms with Crippen molar-refractivity contribution in [2.45, 2.75) is 32.2 Å². The molecule has 0 bridgehead atoms. The van der Waals surface area contributed by atoms with Gasteiger partial charge in [0.2, 0.25) is 0 Å². The van der Waals surface area contributed by atoms with E-state index in [2.05, 4.69) is 93.9 Å². The Kier molecular flexibility index (Phi) is 5.58. The molecule has 1 radical (unpaired) electrons. The fourth-order valence-electron chi connectivity index (χ4n) is 2.49. The average molecular weight is 280 g/mol. The lowest BCUT2D eigenvalue weighted by Crippen LogP contribution is -2.30. The number of hydrogen-bond donors (Lipinski definition) is 0. The zero-order chi connectivity index (χ0) is 15.2. The van der Waals surface area contributed by atoms with Gasteiger partial charge in [-0.3, -0.25) is 0 Å². The van der Waals surface area contributed by atoms with Gasteiger partial charge in [-0.05, 0) is 43.1 Å². The van der Waals surface area contributed by atoms with Crippen LogP contribution >= 0.6 is 0 Å². The molecule has 0 aliphatic heterocycles. The van der Waals surface area contributed by atoms with Crippen LogP contribution in [0.4, 0.5) is 0 Å². The Labute approximate surface area is 129 Å². The van der Waals surface area contributed by atoms with Crippen LogP contribution in [0.3, 0.4) is 0 Å². The molecule has 2 aromatic carbocycles. The Morgan fingerprint density at radius 2 is 1.67 bits per heavy atom. The van der Waals surface area contributed by atoms with Crippen molar-refractivity contribution >= 4 is 0 Å². The standard InChI is InChI=1S/C20H26N/c1-16(2)19-12-8-11-18(13-19)15-20(21(3)4)14-17-9-6-5-7-10-17/h5-13,15-16,20H,14H2,1-4H3. The van der Waals surface area contributed by atoms with Crippen LogP contribution in [0.5, 0.6) is 0 Å². The minimum Gasteiger partial charge on any atom is -0.305 e. The Bertz CT molecular complexity index is 543. The third-order valence-corrected chi connectivity index (χ3v) is 3.91. The summed E-state index contributed by atoms with van der Waals surface area (Å²) in [6.45, 7) is 4.49. The van der Waals surface area contributed by atoms with Crippen LogP contribution in [0.1, 0.15) is 36.5 Å². The first kappa shape index (κ1) is 15.8. The zero-order valence-corrected chi connectivity index (χ0v) is 13.6. The molecule has 0 fully saturated rings. The summed E-state index contributed by atoms with van der Waals surface area (Å²) in [6, 6.07) is 20.0. The molecular weight excluding hydrogens is 254 g/mol. The fraction of sp³-hybridized carbons (Fsp3) is 0.350. The lowest BCUT2D eigenvalue weighted by Gasteiger charge is -2.24. The maximum Gasteiger partial charge on any atom is 0.0205 e. The highest BCUT2D eigenvalue weighted by Crippen LogP contribution is 2.19. The highest BCUT2D eigenvalue weighted by atomic mass is 15.1. The zero-order valence-electron chi connectivity index (χ0n) is 13.6. The SMILES string of the molecule is CC(C)c1cccc([CH]C(Cc2ccccc2)N(C)C)c1. The maximum absolute atomic E-state index is 2.37. The maximum atomic E-state index is 2.37. The van der Waals surface area contributed by atoms with E-state index >= 15 is 0 Å². The van der Waals surface area contributed by atoms with Crippen LogP contribution in [-0.4, -0.2) is 25.0 Å². The first-order chi connectivity index (χ1) is 10.1. The quantitative estimate of drug-likeness (QED) is 0.751. The van der Waals surface area contributed by atoms with Crippen molar-refractivity contribution in [1.29, 1.82) is 0 Å². The van der Waals surface area contributed by atoms with Gasteiger partial charge in [0, 0.05) is 12.5 Å². The van der Waals surface area contributed by atoms with E-state index in [1.165, 1.54) is 16.7 Å². The minimum atomic E-state index is 0.412. The molecule has 0 heterocycles. The Hall–Kier alpha value is -1.60. The first-order valence-electron chi connectivity index (χ1n) is 7.71. The van der Waals surface area contributed by atoms with E-state index in [1.807, 2.05) is 0 Å². The molecule has 0 aliphatic carbocycles. The molecule has 1 heteroatoms. The van der Waals surface area contributed by atoms with Gasteiger partial charge in [0.05, 0.1) is 0 Å². The van der Waals surface area contributed by atoms with Crippen molar-refractivity contribution in [3.63, 3.8) is 0 Å². The molecule has 0 N–H and O–H groups in total. The number of likely N-dealkylation sites (N-methyl/N-ethyl adjacent to an activating group) is 1. The summed E-state index contributed by atoms with van der Waals surface area (Å²) in [5.41, 5.74) is 4.10. The van der Waals surface area contributed by atoms with Gasteiger partial charge in [-0.25, -0.2) is 0 Å². The van der Waals surface area contributed by atoms with Crippen LogP contribution < -0.4 is 0 Å². The molecule has 2 aromatic rings. The van der Waals surface area contributed by atoms with Gasteiger partial charge in [0.15, 0.2) is 0 Å². The monoisotopic (exact) mass is 280 g/mol. The summed E-state index contributed by atoms with van der Waals surface area (Å²) in [5, 5.41) is 0. The smallest absolute Gasteiger partial charge is 0.0205 e. The predicted molar refractivity (Wildman–Crippen MR) is 91.6 cm³/mol. The van der Waals surface area contributed by atoms with E-state index in [1.54, 1.807) is 0 Å². The second-order valence-electron chi connectivity index (χ2n) is 6.21. The molecule has 0 aliphatic rings. The second kappa shape index (κ2) is 7.42. The first-order valence-corrected chi connectivity index (χ1v) is 7.71. The highest BCUT2D eigenvalue weighted by molar-refractivity contribution is 5.32. The Balaban J connectivity index is 2.11. The van der Waals surface area contributed by atoms with Crippen LogP contribution in [0.25, 0.3) is 0 Å². The van der Waals surface area contributed by atoms with Crippen molar-refractivity contribution in [2.24, 2.45) is 0 Å². The summed E-state index contributed by atoms with van der Waals surface area (Å²) in [5.74, 6) is 0.574. The van der Waals surface area contributed by atoms with Crippen molar-refractivity contribution < 1.29 is 0 Å². The molecule has 21 heavy (non-hydrogen) atoms. The van der Waals surface area contributed by atoms with Crippen LogP contribution in [0.2, 0.25) is 0 Å². The van der Waals surface area contributed by atoms with Gasteiger partial charge in [-0.1, -0.05) is 68.4 Å². The minimum absolute atomic E-state index is 0.412. The van der Waals surface area contributed by atoms with E-state index in [4.69, 9.17) is 0 Å². The highest BCUT2D eigenvalue weighted by Gasteiger charge is 2.14. The molecule has 0 spiro atoms. The van der Waals surface area contributed by atoms with Gasteiger partial charge in [0.1, 0.15) is 0 Å². The van der Waals surface area contributed by atoms with Gasteiger partial charge in [-0.15, -0.1) is 0 Å². The lowest BCUT2D eigenvalue weighted by molar-refractivity contribution is 0.328. The molecular formula is C20H26N. The predicted octanol–water partition coefficient (Wildman–Crippen LogP) is 4.54. The van der Waals surface area contributed by atoms with Crippen LogP contribution in [-0.2, 0) is 6.42 Å². The molecule has 1 atom stereocenters. The van der Waals surface area contributed by atoms with Crippen molar-refractivity contribution in [1.82, 2.24) is 4.90 Å². The molecule has 0 saturated carbocycles. The van der Waals surface area contributed by atoms with E-state index < -0.39 is 0 Å². The Morgan fingerprint density at radius 3 is 2.29 bits per heavy atom. The molecule has 2 rings (SSSR count). The number of hydrogen-bond acceptors (Lipinski definition) is 1. The fourth-order valence-corrected chi connectivity index (χ4v) is 2.49. The van der Waals surface area contributed by atoms with Crippen molar-refractivity contribution in [2.75, 3.05) is 14.1 Å². The van der Waals surface area contributed by atoms with E-state index in [9.17, 15) is 0 Å². The molecule has 0 amide bonds. The number of rotatable bonds is 6. The van der Waals surface area contributed by atoms with Gasteiger partial charge in [0.25, 0.3) is 0 Å². The van der Waals surface area contributed by atoms with Gasteiger partial charge >= 0.3 is 0 Å². The molecule has 1 unspecified atom stereocenters. The number of benzene rings is 2. The van der Waals surface area contributed by atoms with Crippen molar-refractivity contribution in [3.8, 4) is 0 Å². The van der Waals surface area contributed by atoms with Gasteiger partial charge < -0.3 is 4.90 Å². The van der Waals surface area contributed by atoms with Crippen LogP contribution in [0.15, 0.2) is 54.6 Å². The second-order valence-corrected chi connectivity index (χ2v) is 6.21. The third-order valence-electron chi connectivity index (χ3n) is 3.91. The third kappa shape index (κ3) is 4.71. The summed E-state index contributed by atoms with van der Waals surface area (Å²) in [6.07, 6.45) is 3.42. The topological polar surface area (TPSA) is 3.24 Å². The van der Waals surface area contributed by atoms with Crippen molar-refractivity contribution in [3.05, 3.63) is 77.7 Å². The summed E-state index contributed by atoms with van der Waals surface area (Å²) >= 11 is 0.